The molecule has 28 nitrogen and oxygen atoms in total. The summed E-state index contributed by atoms with van der Waals surface area (Å²) < 4.78 is 60.2. The van der Waals surface area contributed by atoms with Gasteiger partial charge < -0.3 is 139 Å². The van der Waals surface area contributed by atoms with E-state index in [-0.39, 0.29) is 29.3 Å². The zero-order chi connectivity index (χ0) is 64.4. The molecule has 5 aliphatic carbocycles. The Balaban J connectivity index is 0.885. The van der Waals surface area contributed by atoms with Gasteiger partial charge in [0, 0.05) is 5.41 Å². The second-order valence-corrected chi connectivity index (χ2v) is 29.3. The van der Waals surface area contributed by atoms with Crippen LogP contribution in [0.15, 0.2) is 11.6 Å². The first-order valence-electron chi connectivity index (χ1n) is 31.4. The molecule has 4 saturated carbocycles. The second-order valence-electron chi connectivity index (χ2n) is 29.3. The van der Waals surface area contributed by atoms with Gasteiger partial charge in [0.25, 0.3) is 0 Å². The number of aliphatic hydroxyl groups excluding tert-OH is 18. The fourth-order valence-electron chi connectivity index (χ4n) is 18.0. The largest absolute Gasteiger partial charge is 0.394 e. The monoisotopic (exact) mass is 1270 g/mol. The van der Waals surface area contributed by atoms with Gasteiger partial charge in [0.15, 0.2) is 31.5 Å². The standard InChI is InChI=1S/C60H100O28/c1-23-33(63)38(68)45(75)52(82-23)88-47-42(72)37(67)29(21-80-51-44(74)40(70)35(65)27(19-62)84-51)86-54(47)81-22-60-16-15-58(7)24(25(60)17-55(2,3)48(77)49(60)78)9-10-31-57(6)13-12-32(56(4,5)30(57)11-14-59(31,58)8)87-53-46(76)41(71)36(66)28(85-53)20-79-50-43(73)39(69)34(64)26(18-61)83-50/h9,23,25-54,61-78H,10-22H2,1-8H3/t23-,25?,26+,27+,28+,29+,30?,31?,32-,33-,34+,35+,36+,37+,38+,39-,40-,41-,42-,43+,44+,45+,46+,47+,48-,49-,50+,51+,52-,53-,54+,57-,58+,59+,60-/m0/s1. The summed E-state index contributed by atoms with van der Waals surface area (Å²) in [6, 6.07) is 0. The first-order chi connectivity index (χ1) is 41.1. The van der Waals surface area contributed by atoms with Crippen LogP contribution in [-0.4, -0.2) is 297 Å². The van der Waals surface area contributed by atoms with E-state index in [4.69, 9.17) is 47.4 Å². The summed E-state index contributed by atoms with van der Waals surface area (Å²) in [5.74, 6) is -0.207. The Morgan fingerprint density at radius 3 is 1.51 bits per heavy atom. The lowest BCUT2D eigenvalue weighted by atomic mass is 9.33. The van der Waals surface area contributed by atoms with Crippen molar-refractivity contribution in [1.82, 2.24) is 0 Å². The van der Waals surface area contributed by atoms with Crippen LogP contribution in [0.1, 0.15) is 107 Å². The minimum absolute atomic E-state index is 0.0706. The highest BCUT2D eigenvalue weighted by Crippen LogP contribution is 2.76. The molecule has 0 aromatic rings. The molecule has 5 saturated heterocycles. The Morgan fingerprint density at radius 1 is 0.466 bits per heavy atom. The maximum Gasteiger partial charge on any atom is 0.187 e. The van der Waals surface area contributed by atoms with Gasteiger partial charge >= 0.3 is 0 Å². The van der Waals surface area contributed by atoms with Crippen molar-refractivity contribution in [3.05, 3.63) is 11.6 Å². The van der Waals surface area contributed by atoms with Gasteiger partial charge in [-0.3, -0.25) is 0 Å². The van der Waals surface area contributed by atoms with E-state index in [0.717, 1.165) is 18.4 Å². The minimum atomic E-state index is -1.91. The van der Waals surface area contributed by atoms with Crippen molar-refractivity contribution in [1.29, 1.82) is 0 Å². The quantitative estimate of drug-likeness (QED) is 0.0541. The van der Waals surface area contributed by atoms with Crippen molar-refractivity contribution in [2.75, 3.05) is 33.0 Å². The van der Waals surface area contributed by atoms with E-state index >= 15 is 0 Å². The molecule has 0 aromatic carbocycles. The average Bonchev–Trinajstić information content (AvgIpc) is 0.755. The lowest BCUT2D eigenvalue weighted by Crippen LogP contribution is -2.69. The van der Waals surface area contributed by atoms with Gasteiger partial charge in [-0.05, 0) is 103 Å². The Labute approximate surface area is 511 Å². The lowest BCUT2D eigenvalue weighted by molar-refractivity contribution is -0.374. The zero-order valence-electron chi connectivity index (χ0n) is 51.3. The molecule has 0 radical (unpaired) electrons. The van der Waals surface area contributed by atoms with Gasteiger partial charge in [-0.25, -0.2) is 0 Å². The van der Waals surface area contributed by atoms with Crippen molar-refractivity contribution in [2.24, 2.45) is 50.2 Å². The number of fused-ring (bicyclic) bond motifs is 7. The van der Waals surface area contributed by atoms with E-state index in [1.165, 1.54) is 6.92 Å². The van der Waals surface area contributed by atoms with E-state index in [9.17, 15) is 91.9 Å². The van der Waals surface area contributed by atoms with E-state index in [1.807, 2.05) is 13.8 Å². The third-order valence-corrected chi connectivity index (χ3v) is 23.8. The summed E-state index contributed by atoms with van der Waals surface area (Å²) in [6.45, 7) is 13.7. The van der Waals surface area contributed by atoms with Crippen LogP contribution < -0.4 is 0 Å². The number of allylic oxidation sites excluding steroid dienone is 2. The van der Waals surface area contributed by atoms with Crippen LogP contribution in [0.2, 0.25) is 0 Å². The van der Waals surface area contributed by atoms with Gasteiger partial charge in [-0.2, -0.15) is 0 Å². The Bertz CT molecular complexity index is 2400. The van der Waals surface area contributed by atoms with Crippen LogP contribution in [0.4, 0.5) is 0 Å². The summed E-state index contributed by atoms with van der Waals surface area (Å²) in [7, 11) is 0. The molecule has 508 valence electrons. The molecule has 5 heterocycles. The third-order valence-electron chi connectivity index (χ3n) is 23.8. The van der Waals surface area contributed by atoms with Crippen molar-refractivity contribution >= 4 is 0 Å². The van der Waals surface area contributed by atoms with Crippen LogP contribution in [-0.2, 0) is 47.4 Å². The smallest absolute Gasteiger partial charge is 0.187 e. The molecular weight excluding hydrogens is 1170 g/mol. The predicted molar refractivity (Wildman–Crippen MR) is 297 cm³/mol. The van der Waals surface area contributed by atoms with E-state index < -0.39 is 226 Å². The lowest BCUT2D eigenvalue weighted by Gasteiger charge is -2.72. The Morgan fingerprint density at radius 2 is 0.955 bits per heavy atom. The fourth-order valence-corrected chi connectivity index (χ4v) is 18.0. The molecule has 18 N–H and O–H groups in total. The first kappa shape index (κ1) is 69.4. The van der Waals surface area contributed by atoms with Crippen molar-refractivity contribution in [3.63, 3.8) is 0 Å². The number of hydrogen-bond donors (Lipinski definition) is 18. The SMILES string of the molecule is C[C@@H]1O[C@@H](O[C@H]2[C@H](OC[C@@]34CC[C@]5(C)C(=CCC6[C@@]7(C)CC[C@H](O[C@@H]8O[C@H](CO[C@@H]9O[C@H](CO)[C@@H](O)[C@H](O)[C@H]9O)[C@@H](O)[C@H](O)[C@H]8O)C(C)(C)C7CC[C@]65C)C3CC(C)(C)[C@@H](O)[C@@H]4O)O[C@H](CO[C@@H]3O[C@H](CO)[C@@H](O)[C@H](O)[C@H]3O)[C@@H](O)[C@@H]2O)[C@H](O)[C@H](O)[C@H]1O. The molecule has 9 fully saturated rings. The topological polar surface area (TPSA) is 456 Å². The number of hydrogen-bond acceptors (Lipinski definition) is 28. The number of aliphatic hydroxyl groups is 18. The van der Waals surface area contributed by atoms with Crippen LogP contribution in [0, 0.1) is 50.2 Å². The molecule has 88 heavy (non-hydrogen) atoms. The van der Waals surface area contributed by atoms with Crippen LogP contribution in [0.5, 0.6) is 0 Å². The summed E-state index contributed by atoms with van der Waals surface area (Å²) in [5.41, 5.74) is -2.51. The third kappa shape index (κ3) is 11.5. The summed E-state index contributed by atoms with van der Waals surface area (Å²) >= 11 is 0. The highest BCUT2D eigenvalue weighted by molar-refractivity contribution is 5.35. The summed E-state index contributed by atoms with van der Waals surface area (Å²) in [4.78, 5) is 0. The van der Waals surface area contributed by atoms with Gasteiger partial charge in [0.1, 0.15) is 116 Å². The molecule has 0 spiro atoms. The second kappa shape index (κ2) is 25.6. The molecule has 28 heteroatoms. The summed E-state index contributed by atoms with van der Waals surface area (Å²) in [5, 5.41) is 196. The maximum absolute atomic E-state index is 12.7. The molecule has 35 atom stereocenters. The van der Waals surface area contributed by atoms with Gasteiger partial charge in [-0.15, -0.1) is 0 Å². The van der Waals surface area contributed by atoms with Gasteiger partial charge in [0.05, 0.1) is 57.5 Å². The van der Waals surface area contributed by atoms with Gasteiger partial charge in [0.2, 0.25) is 0 Å². The normalized spacial score (nSPS) is 55.3. The molecule has 0 bridgehead atoms. The molecule has 3 unspecified atom stereocenters. The summed E-state index contributed by atoms with van der Waals surface area (Å²) in [6.07, 6.45) is -36.5. The Kier molecular flexibility index (Phi) is 20.2. The van der Waals surface area contributed by atoms with Crippen LogP contribution in [0.25, 0.3) is 0 Å². The molecule has 10 rings (SSSR count). The van der Waals surface area contributed by atoms with Crippen molar-refractivity contribution in [2.45, 2.75) is 279 Å². The highest BCUT2D eigenvalue weighted by atomic mass is 16.8. The number of ether oxygens (including phenoxy) is 10. The molecular formula is C60H100O28. The molecule has 0 aromatic heterocycles. The highest BCUT2D eigenvalue weighted by Gasteiger charge is 2.71. The van der Waals surface area contributed by atoms with Crippen LogP contribution in [0.3, 0.4) is 0 Å². The number of rotatable bonds is 15. The van der Waals surface area contributed by atoms with Crippen molar-refractivity contribution in [3.8, 4) is 0 Å². The first-order valence-corrected chi connectivity index (χ1v) is 31.4. The molecule has 0 amide bonds. The molecule has 5 aliphatic heterocycles. The minimum Gasteiger partial charge on any atom is -0.394 e. The predicted octanol–water partition coefficient (Wildman–Crippen LogP) is -4.77. The van der Waals surface area contributed by atoms with Gasteiger partial charge in [-0.1, -0.05) is 60.1 Å². The van der Waals surface area contributed by atoms with E-state index in [0.29, 0.717) is 38.5 Å². The fraction of sp³-hybridized carbons (Fsp3) is 0.967. The molecule has 10 aliphatic rings. The van der Waals surface area contributed by atoms with Crippen molar-refractivity contribution < 1.29 is 139 Å². The maximum atomic E-state index is 12.7. The Hall–Kier alpha value is -1.38. The van der Waals surface area contributed by atoms with E-state index in [1.54, 1.807) is 0 Å². The zero-order valence-corrected chi connectivity index (χ0v) is 51.3. The van der Waals surface area contributed by atoms with E-state index in [2.05, 4.69) is 40.7 Å². The van der Waals surface area contributed by atoms with Crippen LogP contribution >= 0.6 is 0 Å². The average molecular weight is 1270 g/mol.